The van der Waals surface area contributed by atoms with Crippen molar-refractivity contribution in [2.45, 2.75) is 26.0 Å². The highest BCUT2D eigenvalue weighted by Gasteiger charge is 2.21. The first kappa shape index (κ1) is 16.4. The molecule has 3 aromatic rings. The van der Waals surface area contributed by atoms with E-state index >= 15 is 0 Å². The highest BCUT2D eigenvalue weighted by Crippen LogP contribution is 2.25. The average molecular weight is 342 g/mol. The minimum Gasteiger partial charge on any atom is -0.384 e. The van der Waals surface area contributed by atoms with Crippen LogP contribution in [0.5, 0.6) is 0 Å². The molecule has 7 heteroatoms. The highest BCUT2D eigenvalue weighted by molar-refractivity contribution is 7.14. The molecule has 2 N–H and O–H groups in total. The molecule has 0 aromatic carbocycles. The van der Waals surface area contributed by atoms with E-state index in [9.17, 15) is 9.90 Å². The van der Waals surface area contributed by atoms with Crippen LogP contribution in [0.3, 0.4) is 0 Å². The zero-order valence-electron chi connectivity index (χ0n) is 13.4. The number of amides is 1. The number of thiazole rings is 1. The van der Waals surface area contributed by atoms with E-state index < -0.39 is 5.60 Å². The van der Waals surface area contributed by atoms with Crippen LogP contribution < -0.4 is 5.32 Å². The molecule has 0 aliphatic carbocycles. The molecule has 124 valence electrons. The van der Waals surface area contributed by atoms with Crippen molar-refractivity contribution in [1.29, 1.82) is 0 Å². The quantitative estimate of drug-likeness (QED) is 0.747. The summed E-state index contributed by atoms with van der Waals surface area (Å²) in [5.74, 6) is -0.231. The van der Waals surface area contributed by atoms with Gasteiger partial charge in [0.05, 0.1) is 5.69 Å². The Kier molecular flexibility index (Phi) is 4.46. The second-order valence-electron chi connectivity index (χ2n) is 5.93. The fraction of sp³-hybridized carbons (Fsp3) is 0.235. The molecule has 24 heavy (non-hydrogen) atoms. The molecule has 0 radical (unpaired) electrons. The fourth-order valence-electron chi connectivity index (χ4n) is 2.22. The number of carbonyl (C=O) groups is 1. The first-order chi connectivity index (χ1) is 11.4. The third kappa shape index (κ3) is 3.69. The molecule has 3 aromatic heterocycles. The summed E-state index contributed by atoms with van der Waals surface area (Å²) in [6.45, 7) is 3.91. The van der Waals surface area contributed by atoms with E-state index in [1.807, 2.05) is 29.0 Å². The Hall–Kier alpha value is -2.51. The predicted octanol–water partition coefficient (Wildman–Crippen LogP) is 2.87. The van der Waals surface area contributed by atoms with E-state index in [1.54, 1.807) is 37.7 Å². The third-order valence-electron chi connectivity index (χ3n) is 3.52. The first-order valence-electron chi connectivity index (χ1n) is 7.47. The van der Waals surface area contributed by atoms with Crippen molar-refractivity contribution < 1.29 is 9.90 Å². The molecule has 0 fully saturated rings. The van der Waals surface area contributed by atoms with Gasteiger partial charge in [0.25, 0.3) is 5.91 Å². The lowest BCUT2D eigenvalue weighted by Gasteiger charge is -2.13. The molecule has 0 bridgehead atoms. The summed E-state index contributed by atoms with van der Waals surface area (Å²) in [5.41, 5.74) is 1.12. The number of pyridine rings is 1. The summed E-state index contributed by atoms with van der Waals surface area (Å²) >= 11 is 1.29. The van der Waals surface area contributed by atoms with E-state index in [0.717, 1.165) is 5.56 Å². The molecule has 0 aliphatic rings. The molecule has 0 spiro atoms. The molecule has 3 heterocycles. The number of rotatable bonds is 5. The third-order valence-corrected chi connectivity index (χ3v) is 4.27. The van der Waals surface area contributed by atoms with E-state index in [-0.39, 0.29) is 5.91 Å². The van der Waals surface area contributed by atoms with Gasteiger partial charge in [-0.15, -0.1) is 11.3 Å². The number of hydrogen-bond donors (Lipinski definition) is 2. The van der Waals surface area contributed by atoms with Gasteiger partial charge in [-0.25, -0.2) is 4.98 Å². The Balaban J connectivity index is 1.74. The van der Waals surface area contributed by atoms with Crippen molar-refractivity contribution >= 4 is 22.4 Å². The van der Waals surface area contributed by atoms with Crippen molar-refractivity contribution in [2.75, 3.05) is 5.32 Å². The molecular weight excluding hydrogens is 324 g/mol. The number of nitrogens with zero attached hydrogens (tertiary/aromatic N) is 3. The molecule has 0 saturated heterocycles. The summed E-state index contributed by atoms with van der Waals surface area (Å²) in [4.78, 5) is 20.8. The minimum absolute atomic E-state index is 0.231. The number of aromatic nitrogens is 3. The zero-order chi connectivity index (χ0) is 17.2. The van der Waals surface area contributed by atoms with Crippen LogP contribution in [0.15, 0.2) is 48.2 Å². The van der Waals surface area contributed by atoms with Crippen molar-refractivity contribution in [1.82, 2.24) is 14.5 Å². The smallest absolute Gasteiger partial charge is 0.274 e. The number of hydrogen-bond acceptors (Lipinski definition) is 5. The Labute approximate surface area is 143 Å². The van der Waals surface area contributed by atoms with Gasteiger partial charge in [-0.1, -0.05) is 0 Å². The second-order valence-corrected chi connectivity index (χ2v) is 6.79. The SMILES string of the molecule is CC(C)(O)c1csc(NC(=O)c2cccn2Cc2ccncc2)n1. The Bertz CT molecular complexity index is 834. The van der Waals surface area contributed by atoms with E-state index in [0.29, 0.717) is 23.1 Å². The topological polar surface area (TPSA) is 80.0 Å². The van der Waals surface area contributed by atoms with Gasteiger partial charge in [0.2, 0.25) is 0 Å². The maximum atomic E-state index is 12.5. The second kappa shape index (κ2) is 6.54. The Morgan fingerprint density at radius 1 is 1.33 bits per heavy atom. The maximum Gasteiger partial charge on any atom is 0.274 e. The van der Waals surface area contributed by atoms with Crippen LogP contribution in [0.2, 0.25) is 0 Å². The Morgan fingerprint density at radius 3 is 2.75 bits per heavy atom. The van der Waals surface area contributed by atoms with Crippen LogP contribution in [0.25, 0.3) is 0 Å². The first-order valence-corrected chi connectivity index (χ1v) is 8.35. The summed E-state index contributed by atoms with van der Waals surface area (Å²) in [5, 5.41) is 14.9. The number of anilines is 1. The van der Waals surface area contributed by atoms with Crippen molar-refractivity contribution in [3.63, 3.8) is 0 Å². The Morgan fingerprint density at radius 2 is 2.08 bits per heavy atom. The lowest BCUT2D eigenvalue weighted by Crippen LogP contribution is -2.18. The average Bonchev–Trinajstić information content (AvgIpc) is 3.17. The summed E-state index contributed by atoms with van der Waals surface area (Å²) in [7, 11) is 0. The van der Waals surface area contributed by atoms with Crippen molar-refractivity contribution in [3.8, 4) is 0 Å². The summed E-state index contributed by atoms with van der Waals surface area (Å²) in [6.07, 6.45) is 5.32. The van der Waals surface area contributed by atoms with Gasteiger partial charge in [-0.3, -0.25) is 15.1 Å². The van der Waals surface area contributed by atoms with Gasteiger partial charge in [0, 0.05) is 30.5 Å². The molecule has 6 nitrogen and oxygen atoms in total. The molecule has 0 saturated carbocycles. The number of carbonyl (C=O) groups excluding carboxylic acids is 1. The van der Waals surface area contributed by atoms with Crippen molar-refractivity contribution in [2.24, 2.45) is 0 Å². The van der Waals surface area contributed by atoms with Crippen LogP contribution in [-0.2, 0) is 12.1 Å². The van der Waals surface area contributed by atoms with Crippen LogP contribution in [-0.4, -0.2) is 25.5 Å². The maximum absolute atomic E-state index is 12.5. The zero-order valence-corrected chi connectivity index (χ0v) is 14.2. The van der Waals surface area contributed by atoms with Gasteiger partial charge in [-0.05, 0) is 43.7 Å². The molecule has 3 rings (SSSR count). The lowest BCUT2D eigenvalue weighted by molar-refractivity contribution is 0.0745. The predicted molar refractivity (Wildman–Crippen MR) is 93.1 cm³/mol. The highest BCUT2D eigenvalue weighted by atomic mass is 32.1. The van der Waals surface area contributed by atoms with Crippen LogP contribution in [0.1, 0.15) is 35.6 Å². The van der Waals surface area contributed by atoms with E-state index in [1.165, 1.54) is 11.3 Å². The molecule has 0 unspecified atom stereocenters. The van der Waals surface area contributed by atoms with Gasteiger partial charge >= 0.3 is 0 Å². The van der Waals surface area contributed by atoms with E-state index in [4.69, 9.17) is 0 Å². The van der Waals surface area contributed by atoms with Gasteiger partial charge < -0.3 is 9.67 Å². The van der Waals surface area contributed by atoms with Gasteiger partial charge in [0.1, 0.15) is 11.3 Å². The fourth-order valence-corrected chi connectivity index (χ4v) is 3.08. The summed E-state index contributed by atoms with van der Waals surface area (Å²) in [6, 6.07) is 7.43. The standard InChI is InChI=1S/C17H18N4O2S/c1-17(2,23)14-11-24-16(19-14)20-15(22)13-4-3-9-21(13)10-12-5-7-18-8-6-12/h3-9,11,23H,10H2,1-2H3,(H,19,20,22). The number of aliphatic hydroxyl groups is 1. The number of nitrogens with one attached hydrogen (secondary N) is 1. The lowest BCUT2D eigenvalue weighted by atomic mass is 10.1. The van der Waals surface area contributed by atoms with E-state index in [2.05, 4.69) is 15.3 Å². The van der Waals surface area contributed by atoms with Crippen molar-refractivity contribution in [3.05, 3.63) is 65.2 Å². The summed E-state index contributed by atoms with van der Waals surface area (Å²) < 4.78 is 1.87. The van der Waals surface area contributed by atoms with Gasteiger partial charge in [0.15, 0.2) is 5.13 Å². The molecule has 0 atom stereocenters. The van der Waals surface area contributed by atoms with Crippen LogP contribution >= 0.6 is 11.3 Å². The molecule has 0 aliphatic heterocycles. The molecule has 1 amide bonds. The normalized spacial score (nSPS) is 11.5. The monoisotopic (exact) mass is 342 g/mol. The van der Waals surface area contributed by atoms with Crippen LogP contribution in [0, 0.1) is 0 Å². The van der Waals surface area contributed by atoms with Crippen LogP contribution in [0.4, 0.5) is 5.13 Å². The minimum atomic E-state index is -1.03. The largest absolute Gasteiger partial charge is 0.384 e. The molecular formula is C17H18N4O2S. The van der Waals surface area contributed by atoms with Gasteiger partial charge in [-0.2, -0.15) is 0 Å².